The summed E-state index contributed by atoms with van der Waals surface area (Å²) in [5.74, 6) is 1.59. The van der Waals surface area contributed by atoms with Crippen LogP contribution in [0, 0.1) is 0 Å². The van der Waals surface area contributed by atoms with Gasteiger partial charge in [-0.25, -0.2) is 0 Å². The number of hydrogen-bond donors (Lipinski definition) is 0. The van der Waals surface area contributed by atoms with E-state index >= 15 is 0 Å². The summed E-state index contributed by atoms with van der Waals surface area (Å²) < 4.78 is 23.2. The van der Waals surface area contributed by atoms with Gasteiger partial charge in [-0.15, -0.1) is 0 Å². The molecule has 5 heteroatoms. The number of rotatable bonds is 5. The lowest BCUT2D eigenvalue weighted by Gasteiger charge is -2.17. The molecule has 2 aromatic carbocycles. The smallest absolute Gasteiger partial charge is 0.188 e. The van der Waals surface area contributed by atoms with Crippen LogP contribution in [-0.2, 0) is 16.1 Å². The first-order valence-electron chi connectivity index (χ1n) is 7.05. The Bertz CT molecular complexity index is 621. The zero-order valence-electron chi connectivity index (χ0n) is 12.3. The van der Waals surface area contributed by atoms with E-state index in [0.717, 1.165) is 27.1 Å². The third kappa shape index (κ3) is 3.43. The number of halogens is 1. The lowest BCUT2D eigenvalue weighted by Crippen LogP contribution is -2.05. The quantitative estimate of drug-likeness (QED) is 0.800. The van der Waals surface area contributed by atoms with Crippen LogP contribution in [0.15, 0.2) is 46.9 Å². The van der Waals surface area contributed by atoms with E-state index in [4.69, 9.17) is 18.9 Å². The van der Waals surface area contributed by atoms with Gasteiger partial charge in [0.2, 0.25) is 0 Å². The fourth-order valence-electron chi connectivity index (χ4n) is 2.28. The fraction of sp³-hybridized carbons (Fsp3) is 0.294. The Balaban J connectivity index is 1.75. The normalized spacial score (nSPS) is 15.0. The topological polar surface area (TPSA) is 36.9 Å². The van der Waals surface area contributed by atoms with Crippen molar-refractivity contribution in [1.29, 1.82) is 0 Å². The first kappa shape index (κ1) is 15.3. The van der Waals surface area contributed by atoms with Gasteiger partial charge in [-0.2, -0.15) is 0 Å². The van der Waals surface area contributed by atoms with Crippen molar-refractivity contribution in [2.24, 2.45) is 0 Å². The van der Waals surface area contributed by atoms with E-state index in [9.17, 15) is 0 Å². The van der Waals surface area contributed by atoms with Crippen LogP contribution in [0.1, 0.15) is 17.4 Å². The molecule has 0 spiro atoms. The van der Waals surface area contributed by atoms with Crippen LogP contribution in [-0.4, -0.2) is 20.3 Å². The molecule has 1 fully saturated rings. The number of ether oxygens (including phenoxy) is 4. The largest absolute Gasteiger partial charge is 0.497 e. The lowest BCUT2D eigenvalue weighted by atomic mass is 10.2. The average molecular weight is 365 g/mol. The molecular weight excluding hydrogens is 348 g/mol. The molecule has 2 aromatic rings. The minimum atomic E-state index is -0.374. The predicted molar refractivity (Wildman–Crippen MR) is 86.1 cm³/mol. The van der Waals surface area contributed by atoms with Gasteiger partial charge in [0, 0.05) is 4.47 Å². The highest BCUT2D eigenvalue weighted by Gasteiger charge is 2.24. The molecule has 0 amide bonds. The molecule has 0 bridgehead atoms. The Morgan fingerprint density at radius 1 is 1.09 bits per heavy atom. The van der Waals surface area contributed by atoms with Gasteiger partial charge in [-0.1, -0.05) is 34.1 Å². The van der Waals surface area contributed by atoms with Crippen molar-refractivity contribution < 1.29 is 18.9 Å². The van der Waals surface area contributed by atoms with Gasteiger partial charge in [-0.3, -0.25) is 0 Å². The summed E-state index contributed by atoms with van der Waals surface area (Å²) in [4.78, 5) is 0. The van der Waals surface area contributed by atoms with Crippen LogP contribution in [0.25, 0.3) is 0 Å². The first-order chi connectivity index (χ1) is 10.8. The number of methoxy groups -OCH3 is 1. The highest BCUT2D eigenvalue weighted by Crippen LogP contribution is 2.37. The lowest BCUT2D eigenvalue weighted by molar-refractivity contribution is -0.0464. The zero-order chi connectivity index (χ0) is 15.4. The Hall–Kier alpha value is -1.56. The highest BCUT2D eigenvalue weighted by atomic mass is 79.9. The number of hydrogen-bond acceptors (Lipinski definition) is 4. The van der Waals surface area contributed by atoms with Crippen molar-refractivity contribution in [2.75, 3.05) is 20.3 Å². The summed E-state index contributed by atoms with van der Waals surface area (Å²) in [6.07, 6.45) is -0.374. The molecule has 0 saturated carbocycles. The van der Waals surface area contributed by atoms with Crippen molar-refractivity contribution in [1.82, 2.24) is 0 Å². The third-order valence-electron chi connectivity index (χ3n) is 3.42. The molecule has 0 radical (unpaired) electrons. The Morgan fingerprint density at radius 3 is 2.50 bits per heavy atom. The summed E-state index contributed by atoms with van der Waals surface area (Å²) in [6.45, 7) is 1.67. The van der Waals surface area contributed by atoms with E-state index in [1.807, 2.05) is 42.5 Å². The van der Waals surface area contributed by atoms with Crippen molar-refractivity contribution in [3.8, 4) is 11.5 Å². The summed E-state index contributed by atoms with van der Waals surface area (Å²) in [5.41, 5.74) is 1.97. The zero-order valence-corrected chi connectivity index (χ0v) is 13.8. The van der Waals surface area contributed by atoms with Gasteiger partial charge >= 0.3 is 0 Å². The maximum atomic E-state index is 5.96. The maximum Gasteiger partial charge on any atom is 0.188 e. The predicted octanol–water partition coefficient (Wildman–Crippen LogP) is 4.08. The minimum absolute atomic E-state index is 0.374. The van der Waals surface area contributed by atoms with Crippen LogP contribution >= 0.6 is 15.9 Å². The highest BCUT2D eigenvalue weighted by molar-refractivity contribution is 9.10. The molecule has 1 saturated heterocycles. The third-order valence-corrected chi connectivity index (χ3v) is 4.12. The molecule has 116 valence electrons. The summed E-state index contributed by atoms with van der Waals surface area (Å²) in [5, 5.41) is 0. The molecule has 1 heterocycles. The van der Waals surface area contributed by atoms with Gasteiger partial charge < -0.3 is 18.9 Å². The monoisotopic (exact) mass is 364 g/mol. The van der Waals surface area contributed by atoms with Crippen molar-refractivity contribution in [3.05, 3.63) is 58.1 Å². The molecule has 0 unspecified atom stereocenters. The average Bonchev–Trinajstić information content (AvgIpc) is 3.07. The first-order valence-corrected chi connectivity index (χ1v) is 7.84. The molecule has 1 aliphatic heterocycles. The van der Waals surface area contributed by atoms with Crippen LogP contribution < -0.4 is 9.47 Å². The van der Waals surface area contributed by atoms with E-state index in [-0.39, 0.29) is 6.29 Å². The minimum Gasteiger partial charge on any atom is -0.497 e. The molecule has 4 nitrogen and oxygen atoms in total. The standard InChI is InChI=1S/C17H17BrO4/c1-19-13-7-5-12(6-8-13)11-22-15-4-2-3-14(18)16(15)17-20-9-10-21-17/h2-8,17H,9-11H2,1H3. The fourth-order valence-corrected chi connectivity index (χ4v) is 2.81. The molecule has 0 aromatic heterocycles. The Morgan fingerprint density at radius 2 is 1.82 bits per heavy atom. The number of benzene rings is 2. The van der Waals surface area contributed by atoms with Gasteiger partial charge in [0.1, 0.15) is 18.1 Å². The molecular formula is C17H17BrO4. The van der Waals surface area contributed by atoms with E-state index in [0.29, 0.717) is 19.8 Å². The summed E-state index contributed by atoms with van der Waals surface area (Å²) in [7, 11) is 1.65. The molecule has 0 atom stereocenters. The van der Waals surface area contributed by atoms with Crippen LogP contribution in [0.3, 0.4) is 0 Å². The summed E-state index contributed by atoms with van der Waals surface area (Å²) in [6, 6.07) is 13.6. The second-order valence-electron chi connectivity index (χ2n) is 4.86. The van der Waals surface area contributed by atoms with Crippen molar-refractivity contribution in [2.45, 2.75) is 12.9 Å². The van der Waals surface area contributed by atoms with Crippen LogP contribution in [0.2, 0.25) is 0 Å². The van der Waals surface area contributed by atoms with Gasteiger partial charge in [0.15, 0.2) is 6.29 Å². The van der Waals surface area contributed by atoms with Crippen LogP contribution in [0.5, 0.6) is 11.5 Å². The van der Waals surface area contributed by atoms with E-state index in [1.54, 1.807) is 7.11 Å². The second-order valence-corrected chi connectivity index (χ2v) is 5.72. The van der Waals surface area contributed by atoms with E-state index in [1.165, 1.54) is 0 Å². The SMILES string of the molecule is COc1ccc(COc2cccc(Br)c2C2OCCO2)cc1. The molecule has 3 rings (SSSR count). The Labute approximate surface area is 138 Å². The Kier molecular flexibility index (Phi) is 4.97. The van der Waals surface area contributed by atoms with Crippen molar-refractivity contribution >= 4 is 15.9 Å². The molecule has 0 aliphatic carbocycles. The van der Waals surface area contributed by atoms with Gasteiger partial charge in [-0.05, 0) is 29.8 Å². The molecule has 0 N–H and O–H groups in total. The van der Waals surface area contributed by atoms with E-state index in [2.05, 4.69) is 15.9 Å². The van der Waals surface area contributed by atoms with E-state index < -0.39 is 0 Å². The van der Waals surface area contributed by atoms with Gasteiger partial charge in [0.25, 0.3) is 0 Å². The van der Waals surface area contributed by atoms with Gasteiger partial charge in [0.05, 0.1) is 25.9 Å². The summed E-state index contributed by atoms with van der Waals surface area (Å²) >= 11 is 3.55. The van der Waals surface area contributed by atoms with Crippen molar-refractivity contribution in [3.63, 3.8) is 0 Å². The maximum absolute atomic E-state index is 5.96. The molecule has 1 aliphatic rings. The molecule has 22 heavy (non-hydrogen) atoms. The van der Waals surface area contributed by atoms with Crippen LogP contribution in [0.4, 0.5) is 0 Å². The second kappa shape index (κ2) is 7.13.